The number of hydrogen-bond donors (Lipinski definition) is 2. The Labute approximate surface area is 130 Å². The summed E-state index contributed by atoms with van der Waals surface area (Å²) in [5.41, 5.74) is 3.72. The molecule has 4 heteroatoms. The summed E-state index contributed by atoms with van der Waals surface area (Å²) in [4.78, 5) is 11.9. The van der Waals surface area contributed by atoms with Crippen molar-refractivity contribution in [2.24, 2.45) is 0 Å². The van der Waals surface area contributed by atoms with Crippen LogP contribution in [0.5, 0.6) is 0 Å². The molecule has 0 unspecified atom stereocenters. The summed E-state index contributed by atoms with van der Waals surface area (Å²) in [5.74, 6) is -0.0571. The van der Waals surface area contributed by atoms with Crippen molar-refractivity contribution < 1.29 is 4.79 Å². The zero-order chi connectivity index (χ0) is 15.2. The number of carbonyl (C=O) groups is 1. The van der Waals surface area contributed by atoms with E-state index in [1.807, 2.05) is 56.3 Å². The van der Waals surface area contributed by atoms with Crippen molar-refractivity contribution in [1.82, 2.24) is 5.32 Å². The standard InChI is InChI=1S/C17H19ClN2O/c1-3-19-17(21)13-9-8-12(2)16(10-13)20-11-14-6-4-5-7-15(14)18/h4-10,20H,3,11H2,1-2H3,(H,19,21). The monoisotopic (exact) mass is 302 g/mol. The van der Waals surface area contributed by atoms with Crippen LogP contribution in [0.25, 0.3) is 0 Å². The van der Waals surface area contributed by atoms with Crippen LogP contribution in [0.15, 0.2) is 42.5 Å². The summed E-state index contributed by atoms with van der Waals surface area (Å²) in [7, 11) is 0. The molecule has 2 N–H and O–H groups in total. The summed E-state index contributed by atoms with van der Waals surface area (Å²) in [5, 5.41) is 6.89. The van der Waals surface area contributed by atoms with Crippen molar-refractivity contribution in [2.45, 2.75) is 20.4 Å². The Morgan fingerprint density at radius 3 is 2.67 bits per heavy atom. The first-order chi connectivity index (χ1) is 10.1. The van der Waals surface area contributed by atoms with Gasteiger partial charge in [0.2, 0.25) is 0 Å². The van der Waals surface area contributed by atoms with Gasteiger partial charge in [-0.25, -0.2) is 0 Å². The van der Waals surface area contributed by atoms with Gasteiger partial charge in [-0.1, -0.05) is 35.9 Å². The molecule has 0 atom stereocenters. The van der Waals surface area contributed by atoms with E-state index in [2.05, 4.69) is 10.6 Å². The fourth-order valence-corrected chi connectivity index (χ4v) is 2.25. The number of carbonyl (C=O) groups excluding carboxylic acids is 1. The first-order valence-corrected chi connectivity index (χ1v) is 7.35. The highest BCUT2D eigenvalue weighted by molar-refractivity contribution is 6.31. The Hall–Kier alpha value is -2.00. The molecule has 2 aromatic carbocycles. The summed E-state index contributed by atoms with van der Waals surface area (Å²) in [6.07, 6.45) is 0. The first kappa shape index (κ1) is 15.4. The molecular formula is C17H19ClN2O. The molecule has 0 aromatic heterocycles. The minimum absolute atomic E-state index is 0.0571. The highest BCUT2D eigenvalue weighted by atomic mass is 35.5. The van der Waals surface area contributed by atoms with E-state index >= 15 is 0 Å². The van der Waals surface area contributed by atoms with Gasteiger partial charge in [-0.15, -0.1) is 0 Å². The maximum Gasteiger partial charge on any atom is 0.251 e. The van der Waals surface area contributed by atoms with E-state index in [1.54, 1.807) is 0 Å². The van der Waals surface area contributed by atoms with Crippen LogP contribution in [0.4, 0.5) is 5.69 Å². The molecular weight excluding hydrogens is 284 g/mol. The number of aryl methyl sites for hydroxylation is 1. The van der Waals surface area contributed by atoms with Crippen molar-refractivity contribution in [1.29, 1.82) is 0 Å². The summed E-state index contributed by atoms with van der Waals surface area (Å²) in [6.45, 7) is 5.16. The maximum absolute atomic E-state index is 11.9. The van der Waals surface area contributed by atoms with Gasteiger partial charge in [-0.3, -0.25) is 4.79 Å². The van der Waals surface area contributed by atoms with Crippen molar-refractivity contribution in [3.05, 3.63) is 64.2 Å². The molecule has 1 amide bonds. The number of nitrogens with one attached hydrogen (secondary N) is 2. The van der Waals surface area contributed by atoms with E-state index in [9.17, 15) is 4.79 Å². The molecule has 0 aliphatic heterocycles. The van der Waals surface area contributed by atoms with Gasteiger partial charge in [-0.2, -0.15) is 0 Å². The summed E-state index contributed by atoms with van der Waals surface area (Å²) < 4.78 is 0. The fourth-order valence-electron chi connectivity index (χ4n) is 2.05. The molecule has 2 rings (SSSR count). The second kappa shape index (κ2) is 7.14. The van der Waals surface area contributed by atoms with Crippen LogP contribution in [0, 0.1) is 6.92 Å². The third kappa shape index (κ3) is 3.99. The van der Waals surface area contributed by atoms with Crippen LogP contribution in [0.2, 0.25) is 5.02 Å². The van der Waals surface area contributed by atoms with E-state index < -0.39 is 0 Å². The molecule has 0 fully saturated rings. The molecule has 0 heterocycles. The van der Waals surface area contributed by atoms with E-state index in [0.717, 1.165) is 21.8 Å². The van der Waals surface area contributed by atoms with E-state index in [-0.39, 0.29) is 5.91 Å². The molecule has 0 aliphatic carbocycles. The number of anilines is 1. The van der Waals surface area contributed by atoms with E-state index in [1.165, 1.54) is 0 Å². The molecule has 2 aromatic rings. The number of hydrogen-bond acceptors (Lipinski definition) is 2. The van der Waals surface area contributed by atoms with Crippen molar-refractivity contribution in [3.63, 3.8) is 0 Å². The van der Waals surface area contributed by atoms with Gasteiger partial charge in [0.1, 0.15) is 0 Å². The van der Waals surface area contributed by atoms with Crippen LogP contribution >= 0.6 is 11.6 Å². The number of benzene rings is 2. The minimum atomic E-state index is -0.0571. The van der Waals surface area contributed by atoms with Gasteiger partial charge in [0, 0.05) is 29.4 Å². The molecule has 0 aliphatic rings. The third-order valence-corrected chi connectivity index (χ3v) is 3.63. The summed E-state index contributed by atoms with van der Waals surface area (Å²) in [6, 6.07) is 13.4. The van der Waals surface area contributed by atoms with Gasteiger partial charge in [0.05, 0.1) is 0 Å². The van der Waals surface area contributed by atoms with Crippen LogP contribution in [-0.4, -0.2) is 12.5 Å². The zero-order valence-electron chi connectivity index (χ0n) is 12.2. The lowest BCUT2D eigenvalue weighted by Crippen LogP contribution is -2.22. The Kier molecular flexibility index (Phi) is 5.23. The van der Waals surface area contributed by atoms with E-state index in [0.29, 0.717) is 18.7 Å². The van der Waals surface area contributed by atoms with Gasteiger partial charge in [-0.05, 0) is 43.2 Å². The number of rotatable bonds is 5. The van der Waals surface area contributed by atoms with Gasteiger partial charge < -0.3 is 10.6 Å². The topological polar surface area (TPSA) is 41.1 Å². The molecule has 0 spiro atoms. The minimum Gasteiger partial charge on any atom is -0.381 e. The van der Waals surface area contributed by atoms with Crippen LogP contribution in [0.3, 0.4) is 0 Å². The lowest BCUT2D eigenvalue weighted by Gasteiger charge is -2.12. The number of amides is 1. The highest BCUT2D eigenvalue weighted by Gasteiger charge is 2.07. The fraction of sp³-hybridized carbons (Fsp3) is 0.235. The smallest absolute Gasteiger partial charge is 0.251 e. The number of halogens is 1. The zero-order valence-corrected chi connectivity index (χ0v) is 13.0. The first-order valence-electron chi connectivity index (χ1n) is 6.98. The van der Waals surface area contributed by atoms with Crippen molar-refractivity contribution in [2.75, 3.05) is 11.9 Å². The third-order valence-electron chi connectivity index (χ3n) is 3.26. The molecule has 21 heavy (non-hydrogen) atoms. The molecule has 0 saturated carbocycles. The van der Waals surface area contributed by atoms with Crippen molar-refractivity contribution >= 4 is 23.2 Å². The van der Waals surface area contributed by atoms with Gasteiger partial charge in [0.15, 0.2) is 0 Å². The van der Waals surface area contributed by atoms with Gasteiger partial charge in [0.25, 0.3) is 5.91 Å². The molecule has 0 bridgehead atoms. The predicted molar refractivity (Wildman–Crippen MR) is 88.0 cm³/mol. The Bertz CT molecular complexity index is 640. The lowest BCUT2D eigenvalue weighted by molar-refractivity contribution is 0.0956. The van der Waals surface area contributed by atoms with Gasteiger partial charge >= 0.3 is 0 Å². The highest BCUT2D eigenvalue weighted by Crippen LogP contribution is 2.20. The second-order valence-electron chi connectivity index (χ2n) is 4.83. The predicted octanol–water partition coefficient (Wildman–Crippen LogP) is 4.01. The summed E-state index contributed by atoms with van der Waals surface area (Å²) >= 11 is 6.15. The van der Waals surface area contributed by atoms with Crippen LogP contribution < -0.4 is 10.6 Å². The normalized spacial score (nSPS) is 10.2. The molecule has 110 valence electrons. The average molecular weight is 303 g/mol. The molecule has 0 saturated heterocycles. The average Bonchev–Trinajstić information content (AvgIpc) is 2.48. The Balaban J connectivity index is 2.14. The molecule has 3 nitrogen and oxygen atoms in total. The quantitative estimate of drug-likeness (QED) is 0.876. The Morgan fingerprint density at radius 1 is 1.19 bits per heavy atom. The van der Waals surface area contributed by atoms with E-state index in [4.69, 9.17) is 11.6 Å². The maximum atomic E-state index is 11.9. The van der Waals surface area contributed by atoms with Crippen molar-refractivity contribution in [3.8, 4) is 0 Å². The lowest BCUT2D eigenvalue weighted by atomic mass is 10.1. The second-order valence-corrected chi connectivity index (χ2v) is 5.24. The molecule has 0 radical (unpaired) electrons. The largest absolute Gasteiger partial charge is 0.381 e. The SMILES string of the molecule is CCNC(=O)c1ccc(C)c(NCc2ccccc2Cl)c1. The van der Waals surface area contributed by atoms with Crippen LogP contribution in [-0.2, 0) is 6.54 Å². The Morgan fingerprint density at radius 2 is 1.95 bits per heavy atom. The van der Waals surface area contributed by atoms with Crippen LogP contribution in [0.1, 0.15) is 28.4 Å².